The van der Waals surface area contributed by atoms with Crippen LogP contribution in [0.1, 0.15) is 33.3 Å². The molecule has 0 fully saturated rings. The predicted molar refractivity (Wildman–Crippen MR) is 98.3 cm³/mol. The molecule has 0 spiro atoms. The van der Waals surface area contributed by atoms with Crippen molar-refractivity contribution in [2.75, 3.05) is 0 Å². The number of aromatic amines is 1. The second kappa shape index (κ2) is 7.69. The first-order chi connectivity index (χ1) is 11.6. The number of aromatic nitrogens is 3. The minimum atomic E-state index is -0.514. The largest absolute Gasteiger partial charge is 0.333 e. The smallest absolute Gasteiger partial charge is 0.321 e. The number of carbonyl (C=O) groups is 2. The lowest BCUT2D eigenvalue weighted by Gasteiger charge is -2.20. The van der Waals surface area contributed by atoms with Crippen LogP contribution in [-0.2, 0) is 4.79 Å². The van der Waals surface area contributed by atoms with Gasteiger partial charge in [0.1, 0.15) is 0 Å². The van der Waals surface area contributed by atoms with E-state index in [2.05, 4.69) is 25.8 Å². The molecule has 0 aliphatic heterocycles. The van der Waals surface area contributed by atoms with Crippen molar-refractivity contribution < 1.29 is 9.59 Å². The Morgan fingerprint density at radius 3 is 2.44 bits per heavy atom. The molecule has 1 heterocycles. The van der Waals surface area contributed by atoms with Crippen LogP contribution >= 0.6 is 11.8 Å². The van der Waals surface area contributed by atoms with Gasteiger partial charge in [0, 0.05) is 11.1 Å². The van der Waals surface area contributed by atoms with Crippen LogP contribution in [0.4, 0.5) is 4.79 Å². The molecule has 0 aliphatic carbocycles. The van der Waals surface area contributed by atoms with Gasteiger partial charge < -0.3 is 5.32 Å². The average Bonchev–Trinajstić information content (AvgIpc) is 2.94. The molecule has 7 nitrogen and oxygen atoms in total. The van der Waals surface area contributed by atoms with Gasteiger partial charge in [0.25, 0.3) is 0 Å². The summed E-state index contributed by atoms with van der Waals surface area (Å²) in [5, 5.41) is 11.9. The zero-order valence-corrected chi connectivity index (χ0v) is 15.8. The Hall–Kier alpha value is -2.35. The molecule has 1 atom stereocenters. The van der Waals surface area contributed by atoms with Crippen LogP contribution in [0.5, 0.6) is 0 Å². The van der Waals surface area contributed by atoms with E-state index in [9.17, 15) is 9.59 Å². The molecule has 0 saturated carbocycles. The van der Waals surface area contributed by atoms with Crippen molar-refractivity contribution in [1.82, 2.24) is 25.8 Å². The lowest BCUT2D eigenvalue weighted by Crippen LogP contribution is -2.49. The summed E-state index contributed by atoms with van der Waals surface area (Å²) in [4.78, 5) is 28.2. The van der Waals surface area contributed by atoms with Crippen LogP contribution < -0.4 is 10.6 Å². The van der Waals surface area contributed by atoms with Crippen LogP contribution in [0.2, 0.25) is 0 Å². The van der Waals surface area contributed by atoms with E-state index in [4.69, 9.17) is 0 Å². The number of carbonyl (C=O) groups excluding carboxylic acids is 2. The molecule has 3 N–H and O–H groups in total. The molecule has 25 heavy (non-hydrogen) atoms. The van der Waals surface area contributed by atoms with Gasteiger partial charge in [0.15, 0.2) is 5.82 Å². The molecule has 134 valence electrons. The fraction of sp³-hybridized carbons (Fsp3) is 0.412. The Morgan fingerprint density at radius 2 is 1.84 bits per heavy atom. The molecular formula is C17H23N5O2S. The fourth-order valence-electron chi connectivity index (χ4n) is 1.94. The highest BCUT2D eigenvalue weighted by atomic mass is 32.2. The number of amides is 3. The number of hydrogen-bond donors (Lipinski definition) is 3. The maximum absolute atomic E-state index is 12.1. The van der Waals surface area contributed by atoms with E-state index in [1.165, 1.54) is 11.8 Å². The third-order valence-corrected chi connectivity index (χ3v) is 4.13. The fourth-order valence-corrected chi connectivity index (χ4v) is 2.66. The third-order valence-electron chi connectivity index (χ3n) is 3.17. The molecule has 0 aliphatic rings. The van der Waals surface area contributed by atoms with Crippen molar-refractivity contribution in [2.24, 2.45) is 0 Å². The van der Waals surface area contributed by atoms with E-state index in [-0.39, 0.29) is 0 Å². The lowest BCUT2D eigenvalue weighted by atomic mass is 10.1. The molecule has 0 bridgehead atoms. The van der Waals surface area contributed by atoms with Gasteiger partial charge in [-0.2, -0.15) is 0 Å². The molecule has 0 unspecified atom stereocenters. The Kier molecular flexibility index (Phi) is 5.84. The van der Waals surface area contributed by atoms with E-state index in [0.29, 0.717) is 11.0 Å². The van der Waals surface area contributed by atoms with Gasteiger partial charge >= 0.3 is 6.03 Å². The topological polar surface area (TPSA) is 99.8 Å². The van der Waals surface area contributed by atoms with E-state index >= 15 is 0 Å². The normalized spacial score (nSPS) is 12.5. The Bertz CT molecular complexity index is 749. The molecule has 0 radical (unpaired) electrons. The second-order valence-corrected chi connectivity index (χ2v) is 8.09. The van der Waals surface area contributed by atoms with Crippen LogP contribution in [0.15, 0.2) is 29.4 Å². The van der Waals surface area contributed by atoms with Crippen molar-refractivity contribution in [3.8, 4) is 11.4 Å². The van der Waals surface area contributed by atoms with Gasteiger partial charge in [-0.25, -0.2) is 9.78 Å². The van der Waals surface area contributed by atoms with Gasteiger partial charge in [0.05, 0.1) is 5.25 Å². The molecule has 2 rings (SSSR count). The van der Waals surface area contributed by atoms with Crippen molar-refractivity contribution in [1.29, 1.82) is 0 Å². The highest BCUT2D eigenvalue weighted by Gasteiger charge is 2.21. The van der Waals surface area contributed by atoms with Crippen LogP contribution in [-0.4, -0.2) is 37.9 Å². The maximum Gasteiger partial charge on any atom is 0.321 e. The van der Waals surface area contributed by atoms with Crippen molar-refractivity contribution in [3.63, 3.8) is 0 Å². The summed E-state index contributed by atoms with van der Waals surface area (Å²) in [6.07, 6.45) is 0. The summed E-state index contributed by atoms with van der Waals surface area (Å²) in [5.74, 6) is 0.244. The molecular weight excluding hydrogens is 338 g/mol. The minimum Gasteiger partial charge on any atom is -0.333 e. The van der Waals surface area contributed by atoms with Crippen LogP contribution in [0, 0.1) is 6.92 Å². The first-order valence-electron chi connectivity index (χ1n) is 7.93. The standard InChI is InChI=1S/C17H23N5O2S/c1-10-6-8-12(9-7-10)13-18-16(22-21-13)25-11(2)14(23)19-15(24)20-17(3,4)5/h6-9,11H,1-5H3,(H,18,21,22)(H2,19,20,23,24)/t11-/m1/s1. The third kappa shape index (κ3) is 5.90. The zero-order valence-electron chi connectivity index (χ0n) is 15.0. The van der Waals surface area contributed by atoms with E-state index in [0.717, 1.165) is 11.1 Å². The van der Waals surface area contributed by atoms with E-state index < -0.39 is 22.7 Å². The first kappa shape index (κ1) is 19.0. The molecule has 8 heteroatoms. The van der Waals surface area contributed by atoms with E-state index in [1.807, 2.05) is 52.0 Å². The summed E-state index contributed by atoms with van der Waals surface area (Å²) >= 11 is 1.18. The summed E-state index contributed by atoms with van der Waals surface area (Å²) in [6, 6.07) is 7.39. The summed E-state index contributed by atoms with van der Waals surface area (Å²) < 4.78 is 0. The maximum atomic E-state index is 12.1. The highest BCUT2D eigenvalue weighted by Crippen LogP contribution is 2.22. The van der Waals surface area contributed by atoms with Gasteiger partial charge in [-0.3, -0.25) is 15.2 Å². The zero-order chi connectivity index (χ0) is 18.6. The number of nitrogens with zero attached hydrogens (tertiary/aromatic N) is 2. The number of imide groups is 1. The van der Waals surface area contributed by atoms with Crippen molar-refractivity contribution in [2.45, 2.75) is 50.6 Å². The Labute approximate surface area is 151 Å². The van der Waals surface area contributed by atoms with Gasteiger partial charge in [-0.1, -0.05) is 41.6 Å². The summed E-state index contributed by atoms with van der Waals surface area (Å²) in [6.45, 7) is 9.24. The number of aryl methyl sites for hydroxylation is 1. The SMILES string of the molecule is Cc1ccc(-c2nc(S[C@H](C)C(=O)NC(=O)NC(C)(C)C)n[nH]2)cc1. The minimum absolute atomic E-state index is 0.395. The van der Waals surface area contributed by atoms with Gasteiger partial charge in [-0.15, -0.1) is 5.10 Å². The van der Waals surface area contributed by atoms with Crippen LogP contribution in [0.3, 0.4) is 0 Å². The molecule has 3 amide bonds. The number of hydrogen-bond acceptors (Lipinski definition) is 5. The first-order valence-corrected chi connectivity index (χ1v) is 8.81. The second-order valence-electron chi connectivity index (χ2n) is 6.79. The molecule has 1 aromatic heterocycles. The number of H-pyrrole nitrogens is 1. The van der Waals surface area contributed by atoms with Crippen LogP contribution in [0.25, 0.3) is 11.4 Å². The average molecular weight is 361 g/mol. The summed E-state index contributed by atoms with van der Waals surface area (Å²) in [5.41, 5.74) is 1.68. The predicted octanol–water partition coefficient (Wildman–Crippen LogP) is 2.89. The van der Waals surface area contributed by atoms with Crippen molar-refractivity contribution >= 4 is 23.7 Å². The number of thioether (sulfide) groups is 1. The van der Waals surface area contributed by atoms with Crippen molar-refractivity contribution in [3.05, 3.63) is 29.8 Å². The van der Waals surface area contributed by atoms with Gasteiger partial charge in [0.2, 0.25) is 11.1 Å². The number of urea groups is 1. The quantitative estimate of drug-likeness (QED) is 0.727. The summed E-state index contributed by atoms with van der Waals surface area (Å²) in [7, 11) is 0. The lowest BCUT2D eigenvalue weighted by molar-refractivity contribution is -0.119. The Balaban J connectivity index is 1.94. The molecule has 0 saturated heterocycles. The highest BCUT2D eigenvalue weighted by molar-refractivity contribution is 8.00. The monoisotopic (exact) mass is 361 g/mol. The molecule has 1 aromatic carbocycles. The number of rotatable bonds is 4. The number of benzene rings is 1. The van der Waals surface area contributed by atoms with Gasteiger partial charge in [-0.05, 0) is 34.6 Å². The Morgan fingerprint density at radius 1 is 1.20 bits per heavy atom. The number of nitrogens with one attached hydrogen (secondary N) is 3. The molecule has 2 aromatic rings. The van der Waals surface area contributed by atoms with E-state index in [1.54, 1.807) is 6.92 Å².